The SMILES string of the molecule is COc1cc2c(cc1-c1cnn(CC(=O)N(C)C)c1)-c1c(c(C(=O)N3CCOCC3(C)C)nn1-c1cc(Cl)cc(Cl)c1)CO2. The van der Waals surface area contributed by atoms with Crippen molar-refractivity contribution in [2.24, 2.45) is 0 Å². The molecule has 1 fully saturated rings. The normalized spacial score (nSPS) is 15.3. The molecule has 2 aliphatic heterocycles. The number of methoxy groups -OCH3 is 1. The van der Waals surface area contributed by atoms with Crippen LogP contribution in [0.3, 0.4) is 0 Å². The molecular weight excluding hydrogens is 607 g/mol. The second kappa shape index (κ2) is 11.5. The van der Waals surface area contributed by atoms with Crippen LogP contribution in [-0.4, -0.2) is 87.7 Å². The maximum Gasteiger partial charge on any atom is 0.275 e. The van der Waals surface area contributed by atoms with Crippen LogP contribution in [0.4, 0.5) is 0 Å². The smallest absolute Gasteiger partial charge is 0.275 e. The van der Waals surface area contributed by atoms with Crippen molar-refractivity contribution in [2.45, 2.75) is 32.5 Å². The second-order valence-electron chi connectivity index (χ2n) is 11.6. The molecule has 0 N–H and O–H groups in total. The highest BCUT2D eigenvalue weighted by molar-refractivity contribution is 6.34. The Morgan fingerprint density at radius 1 is 1.09 bits per heavy atom. The Balaban J connectivity index is 1.53. The van der Waals surface area contributed by atoms with Crippen LogP contribution in [0.2, 0.25) is 10.0 Å². The minimum Gasteiger partial charge on any atom is -0.496 e. The lowest BCUT2D eigenvalue weighted by atomic mass is 9.96. The molecule has 0 spiro atoms. The van der Waals surface area contributed by atoms with Gasteiger partial charge in [0.2, 0.25) is 5.91 Å². The molecule has 0 atom stereocenters. The molecule has 11 nitrogen and oxygen atoms in total. The maximum atomic E-state index is 14.1. The molecule has 0 radical (unpaired) electrons. The van der Waals surface area contributed by atoms with Crippen LogP contribution in [-0.2, 0) is 22.7 Å². The van der Waals surface area contributed by atoms with Crippen molar-refractivity contribution in [3.05, 3.63) is 64.0 Å². The van der Waals surface area contributed by atoms with E-state index in [0.717, 1.165) is 11.1 Å². The number of carbonyl (C=O) groups excluding carboxylic acids is 2. The number of benzene rings is 2. The van der Waals surface area contributed by atoms with Gasteiger partial charge in [-0.05, 0) is 38.1 Å². The van der Waals surface area contributed by atoms with Gasteiger partial charge in [0.1, 0.15) is 24.7 Å². The van der Waals surface area contributed by atoms with E-state index in [1.165, 1.54) is 4.90 Å². The molecule has 230 valence electrons. The fourth-order valence-electron chi connectivity index (χ4n) is 5.53. The third-order valence-corrected chi connectivity index (χ3v) is 8.27. The number of fused-ring (bicyclic) bond motifs is 3. The maximum absolute atomic E-state index is 14.1. The standard InChI is InChI=1S/C31H32Cl2N6O5/c1-31(2)17-43-7-6-38(31)30(41)28-24-16-44-26-12-25(42-5)22(18-13-34-37(14-18)15-27(40)36(3)4)11-23(26)29(24)39(35-28)21-9-19(32)8-20(33)10-21/h8-14H,6-7,15-17H2,1-5H3. The summed E-state index contributed by atoms with van der Waals surface area (Å²) in [4.78, 5) is 29.7. The van der Waals surface area contributed by atoms with Gasteiger partial charge in [0.25, 0.3) is 5.91 Å². The summed E-state index contributed by atoms with van der Waals surface area (Å²) in [6.07, 6.45) is 3.47. The Bertz CT molecular complexity index is 1760. The van der Waals surface area contributed by atoms with Crippen molar-refractivity contribution in [1.29, 1.82) is 0 Å². The Labute approximate surface area is 264 Å². The van der Waals surface area contributed by atoms with E-state index >= 15 is 0 Å². The summed E-state index contributed by atoms with van der Waals surface area (Å²) in [5.74, 6) is 0.830. The molecule has 44 heavy (non-hydrogen) atoms. The van der Waals surface area contributed by atoms with Crippen LogP contribution in [0, 0.1) is 0 Å². The zero-order valence-electron chi connectivity index (χ0n) is 25.1. The van der Waals surface area contributed by atoms with E-state index in [2.05, 4.69) is 5.10 Å². The molecule has 4 heterocycles. The number of carbonyl (C=O) groups is 2. The quantitative estimate of drug-likeness (QED) is 0.294. The average molecular weight is 640 g/mol. The van der Waals surface area contributed by atoms with Crippen molar-refractivity contribution >= 4 is 35.0 Å². The molecule has 0 unspecified atom stereocenters. The van der Waals surface area contributed by atoms with Crippen LogP contribution < -0.4 is 9.47 Å². The first-order valence-electron chi connectivity index (χ1n) is 14.0. The summed E-state index contributed by atoms with van der Waals surface area (Å²) in [6, 6.07) is 8.88. The van der Waals surface area contributed by atoms with Crippen molar-refractivity contribution < 1.29 is 23.8 Å². The third kappa shape index (κ3) is 5.40. The first kappa shape index (κ1) is 30.0. The Hall–Kier alpha value is -4.06. The van der Waals surface area contributed by atoms with Gasteiger partial charge in [0.05, 0.1) is 43.4 Å². The minimum absolute atomic E-state index is 0.0835. The van der Waals surface area contributed by atoms with Crippen molar-refractivity contribution in [1.82, 2.24) is 29.4 Å². The van der Waals surface area contributed by atoms with Gasteiger partial charge in [-0.25, -0.2) is 4.68 Å². The molecular formula is C31H32Cl2N6O5. The summed E-state index contributed by atoms with van der Waals surface area (Å²) >= 11 is 12.8. The van der Waals surface area contributed by atoms with E-state index < -0.39 is 5.54 Å². The summed E-state index contributed by atoms with van der Waals surface area (Å²) < 4.78 is 20.9. The predicted molar refractivity (Wildman–Crippen MR) is 166 cm³/mol. The number of hydrogen-bond acceptors (Lipinski definition) is 7. The molecule has 0 saturated carbocycles. The lowest BCUT2D eigenvalue weighted by molar-refractivity contribution is -0.129. The molecule has 2 aromatic carbocycles. The number of rotatable bonds is 6. The van der Waals surface area contributed by atoms with E-state index in [1.54, 1.807) is 66.1 Å². The molecule has 0 aliphatic carbocycles. The lowest BCUT2D eigenvalue weighted by Gasteiger charge is -2.41. The zero-order valence-corrected chi connectivity index (χ0v) is 26.6. The summed E-state index contributed by atoms with van der Waals surface area (Å²) in [6.45, 7) is 5.46. The predicted octanol–water partition coefficient (Wildman–Crippen LogP) is 4.95. The molecule has 2 aliphatic rings. The average Bonchev–Trinajstić information content (AvgIpc) is 3.60. The number of morpholine rings is 1. The fourth-order valence-corrected chi connectivity index (χ4v) is 6.04. The Kier molecular flexibility index (Phi) is 7.81. The highest BCUT2D eigenvalue weighted by atomic mass is 35.5. The summed E-state index contributed by atoms with van der Waals surface area (Å²) in [5, 5.41) is 10.1. The van der Waals surface area contributed by atoms with E-state index in [-0.39, 0.29) is 30.7 Å². The summed E-state index contributed by atoms with van der Waals surface area (Å²) in [5.41, 5.74) is 3.85. The Morgan fingerprint density at radius 3 is 2.52 bits per heavy atom. The molecule has 2 amide bonds. The molecule has 2 aromatic heterocycles. The van der Waals surface area contributed by atoms with Crippen LogP contribution in [0.25, 0.3) is 28.1 Å². The number of likely N-dealkylation sites (N-methyl/N-ethyl adjacent to an activating group) is 1. The molecule has 13 heteroatoms. The van der Waals surface area contributed by atoms with E-state index in [4.69, 9.17) is 42.5 Å². The van der Waals surface area contributed by atoms with Gasteiger partial charge in [-0.2, -0.15) is 10.2 Å². The van der Waals surface area contributed by atoms with E-state index in [9.17, 15) is 9.59 Å². The van der Waals surface area contributed by atoms with Gasteiger partial charge in [-0.15, -0.1) is 0 Å². The second-order valence-corrected chi connectivity index (χ2v) is 12.5. The van der Waals surface area contributed by atoms with E-state index in [0.29, 0.717) is 63.8 Å². The van der Waals surface area contributed by atoms with Crippen LogP contribution in [0.5, 0.6) is 11.5 Å². The molecule has 0 bridgehead atoms. The fraction of sp³-hybridized carbons (Fsp3) is 0.355. The zero-order chi connectivity index (χ0) is 31.3. The summed E-state index contributed by atoms with van der Waals surface area (Å²) in [7, 11) is 4.98. The van der Waals surface area contributed by atoms with Gasteiger partial charge in [0.15, 0.2) is 5.69 Å². The van der Waals surface area contributed by atoms with Gasteiger partial charge >= 0.3 is 0 Å². The number of hydrogen-bond donors (Lipinski definition) is 0. The topological polar surface area (TPSA) is 104 Å². The van der Waals surface area contributed by atoms with E-state index in [1.807, 2.05) is 26.0 Å². The minimum atomic E-state index is -0.520. The highest BCUT2D eigenvalue weighted by Crippen LogP contribution is 2.46. The van der Waals surface area contributed by atoms with Gasteiger partial charge in [-0.3, -0.25) is 14.3 Å². The first-order valence-corrected chi connectivity index (χ1v) is 14.8. The first-order chi connectivity index (χ1) is 21.0. The number of amides is 2. The van der Waals surface area contributed by atoms with Crippen molar-refractivity contribution in [2.75, 3.05) is 41.0 Å². The van der Waals surface area contributed by atoms with Gasteiger partial charge in [0, 0.05) is 65.2 Å². The van der Waals surface area contributed by atoms with Crippen molar-refractivity contribution in [3.8, 4) is 39.6 Å². The van der Waals surface area contributed by atoms with Crippen molar-refractivity contribution in [3.63, 3.8) is 0 Å². The highest BCUT2D eigenvalue weighted by Gasteiger charge is 2.39. The number of aromatic nitrogens is 4. The monoisotopic (exact) mass is 638 g/mol. The van der Waals surface area contributed by atoms with Gasteiger partial charge < -0.3 is 24.0 Å². The Morgan fingerprint density at radius 2 is 1.84 bits per heavy atom. The number of nitrogens with zero attached hydrogens (tertiary/aromatic N) is 6. The lowest BCUT2D eigenvalue weighted by Crippen LogP contribution is -2.55. The van der Waals surface area contributed by atoms with Crippen LogP contribution in [0.1, 0.15) is 29.9 Å². The van der Waals surface area contributed by atoms with Crippen LogP contribution in [0.15, 0.2) is 42.7 Å². The van der Waals surface area contributed by atoms with Gasteiger partial charge in [-0.1, -0.05) is 23.2 Å². The largest absolute Gasteiger partial charge is 0.496 e. The number of ether oxygens (including phenoxy) is 3. The van der Waals surface area contributed by atoms with Crippen LogP contribution >= 0.6 is 23.2 Å². The molecule has 1 saturated heterocycles. The molecule has 6 rings (SSSR count). The third-order valence-electron chi connectivity index (χ3n) is 7.84. The molecule has 4 aromatic rings. The number of halogens is 2.